The number of carboxylic acids is 1. The van der Waals surface area contributed by atoms with Crippen LogP contribution in [0.25, 0.3) is 0 Å². The Kier molecular flexibility index (Phi) is 7.71. The Hall–Kier alpha value is -3.50. The lowest BCUT2D eigenvalue weighted by molar-refractivity contribution is -0.133. The normalized spacial score (nSPS) is 24.5. The van der Waals surface area contributed by atoms with E-state index in [4.69, 9.17) is 4.18 Å². The molecular formula is C34H38N2O6S. The SMILES string of the molecule is CCC(O)(COS(=O)(=O)c1ccc(C)cc1)CC1CC(C(=O)O)=C2Nc3ccccc3C23CCN(Cc2ccccc2)C13. The lowest BCUT2D eigenvalue weighted by Gasteiger charge is -2.47. The number of likely N-dealkylation sites (tertiary alicyclic amines) is 1. The number of rotatable bonds is 10. The lowest BCUT2D eigenvalue weighted by Crippen LogP contribution is -2.53. The van der Waals surface area contributed by atoms with Gasteiger partial charge >= 0.3 is 5.97 Å². The molecule has 6 rings (SSSR count). The van der Waals surface area contributed by atoms with Crippen molar-refractivity contribution in [2.75, 3.05) is 18.5 Å². The molecule has 0 aromatic heterocycles. The van der Waals surface area contributed by atoms with Crippen molar-refractivity contribution in [3.05, 3.63) is 107 Å². The maximum Gasteiger partial charge on any atom is 0.333 e. The highest BCUT2D eigenvalue weighted by Crippen LogP contribution is 2.60. The predicted molar refractivity (Wildman–Crippen MR) is 164 cm³/mol. The number of carboxylic acid groups (broad SMARTS) is 1. The fourth-order valence-electron chi connectivity index (χ4n) is 7.50. The molecule has 9 heteroatoms. The van der Waals surface area contributed by atoms with E-state index in [9.17, 15) is 23.4 Å². The third-order valence-corrected chi connectivity index (χ3v) is 10.9. The van der Waals surface area contributed by atoms with Crippen LogP contribution in [0.1, 0.15) is 49.3 Å². The van der Waals surface area contributed by atoms with E-state index in [1.807, 2.05) is 50.2 Å². The predicted octanol–water partition coefficient (Wildman–Crippen LogP) is 5.23. The van der Waals surface area contributed by atoms with Crippen LogP contribution in [0, 0.1) is 12.8 Å². The quantitative estimate of drug-likeness (QED) is 0.270. The Bertz CT molecular complexity index is 1660. The summed E-state index contributed by atoms with van der Waals surface area (Å²) in [4.78, 5) is 15.2. The van der Waals surface area contributed by atoms with Crippen molar-refractivity contribution in [3.8, 4) is 0 Å². The maximum absolute atomic E-state index is 13.0. The summed E-state index contributed by atoms with van der Waals surface area (Å²) < 4.78 is 31.5. The average Bonchev–Trinajstić information content (AvgIpc) is 3.54. The first-order valence-electron chi connectivity index (χ1n) is 14.9. The zero-order valence-electron chi connectivity index (χ0n) is 24.5. The summed E-state index contributed by atoms with van der Waals surface area (Å²) in [7, 11) is -4.09. The topological polar surface area (TPSA) is 116 Å². The zero-order valence-corrected chi connectivity index (χ0v) is 25.3. The summed E-state index contributed by atoms with van der Waals surface area (Å²) in [6.07, 6.45) is 1.42. The Morgan fingerprint density at radius 2 is 1.77 bits per heavy atom. The van der Waals surface area contributed by atoms with E-state index in [1.165, 1.54) is 12.1 Å². The van der Waals surface area contributed by atoms with Crippen LogP contribution in [0.3, 0.4) is 0 Å². The Balaban J connectivity index is 1.37. The number of fused-ring (bicyclic) bond motifs is 1. The first-order valence-corrected chi connectivity index (χ1v) is 16.3. The lowest BCUT2D eigenvalue weighted by atomic mass is 9.61. The van der Waals surface area contributed by atoms with Crippen molar-refractivity contribution in [1.29, 1.82) is 0 Å². The molecule has 2 aliphatic heterocycles. The van der Waals surface area contributed by atoms with Crippen LogP contribution in [0.2, 0.25) is 0 Å². The number of para-hydroxylation sites is 1. The van der Waals surface area contributed by atoms with Crippen molar-refractivity contribution < 1.29 is 27.6 Å². The second kappa shape index (κ2) is 11.2. The largest absolute Gasteiger partial charge is 0.478 e. The summed E-state index contributed by atoms with van der Waals surface area (Å²) in [5, 5.41) is 25.8. The summed E-state index contributed by atoms with van der Waals surface area (Å²) in [6, 6.07) is 24.5. The highest BCUT2D eigenvalue weighted by atomic mass is 32.2. The molecule has 0 amide bonds. The number of carbonyl (C=O) groups is 1. The summed E-state index contributed by atoms with van der Waals surface area (Å²) in [6.45, 7) is 4.71. The van der Waals surface area contributed by atoms with Crippen LogP contribution in [0.4, 0.5) is 5.69 Å². The zero-order chi connectivity index (χ0) is 30.4. The van der Waals surface area contributed by atoms with Crippen molar-refractivity contribution in [3.63, 3.8) is 0 Å². The first kappa shape index (κ1) is 29.6. The fraction of sp³-hybridized carbons (Fsp3) is 0.382. The Morgan fingerprint density at radius 1 is 1.07 bits per heavy atom. The molecule has 2 heterocycles. The van der Waals surface area contributed by atoms with Crippen LogP contribution in [0.15, 0.2) is 95.0 Å². The van der Waals surface area contributed by atoms with Crippen molar-refractivity contribution >= 4 is 21.8 Å². The number of aliphatic hydroxyl groups is 1. The minimum Gasteiger partial charge on any atom is -0.478 e. The van der Waals surface area contributed by atoms with Crippen LogP contribution in [-0.4, -0.2) is 54.3 Å². The number of aryl methyl sites for hydroxylation is 1. The summed E-state index contributed by atoms with van der Waals surface area (Å²) in [5.74, 6) is -1.25. The first-order chi connectivity index (χ1) is 20.6. The molecule has 0 saturated carbocycles. The second-order valence-corrected chi connectivity index (χ2v) is 13.8. The van der Waals surface area contributed by atoms with Crippen LogP contribution in [-0.2, 0) is 31.1 Å². The molecule has 3 aromatic rings. The van der Waals surface area contributed by atoms with Gasteiger partial charge in [-0.2, -0.15) is 8.42 Å². The minimum atomic E-state index is -4.09. The van der Waals surface area contributed by atoms with Gasteiger partial charge in [0.25, 0.3) is 10.1 Å². The molecule has 3 aliphatic rings. The van der Waals surface area contributed by atoms with E-state index in [1.54, 1.807) is 12.1 Å². The molecule has 43 heavy (non-hydrogen) atoms. The molecule has 0 bridgehead atoms. The van der Waals surface area contributed by atoms with E-state index in [2.05, 4.69) is 28.4 Å². The van der Waals surface area contributed by atoms with Gasteiger partial charge in [-0.05, 0) is 67.9 Å². The van der Waals surface area contributed by atoms with Gasteiger partial charge in [-0.25, -0.2) is 4.79 Å². The molecule has 4 unspecified atom stereocenters. The number of benzene rings is 3. The van der Waals surface area contributed by atoms with E-state index >= 15 is 0 Å². The van der Waals surface area contributed by atoms with E-state index in [0.29, 0.717) is 12.1 Å². The van der Waals surface area contributed by atoms with Crippen molar-refractivity contribution in [2.24, 2.45) is 5.92 Å². The molecule has 1 saturated heterocycles. The van der Waals surface area contributed by atoms with Gasteiger partial charge in [0, 0.05) is 30.5 Å². The summed E-state index contributed by atoms with van der Waals surface area (Å²) in [5.41, 5.74) is 3.08. The van der Waals surface area contributed by atoms with Gasteiger partial charge in [-0.1, -0.05) is 73.2 Å². The molecule has 4 atom stereocenters. The van der Waals surface area contributed by atoms with E-state index < -0.39 is 33.7 Å². The number of nitrogens with zero attached hydrogens (tertiary/aromatic N) is 1. The van der Waals surface area contributed by atoms with Gasteiger partial charge in [0.2, 0.25) is 0 Å². The average molecular weight is 603 g/mol. The van der Waals surface area contributed by atoms with Gasteiger partial charge in [-0.3, -0.25) is 9.08 Å². The maximum atomic E-state index is 13.0. The Morgan fingerprint density at radius 3 is 2.47 bits per heavy atom. The summed E-state index contributed by atoms with van der Waals surface area (Å²) >= 11 is 0. The molecule has 3 N–H and O–H groups in total. The number of aliphatic carboxylic acids is 1. The Labute approximate surface area is 253 Å². The molecule has 1 aliphatic carbocycles. The molecular weight excluding hydrogens is 564 g/mol. The number of nitrogens with one attached hydrogen (secondary N) is 1. The third-order valence-electron chi connectivity index (χ3n) is 9.60. The van der Waals surface area contributed by atoms with Gasteiger partial charge in [0.15, 0.2) is 0 Å². The fourth-order valence-corrected chi connectivity index (χ4v) is 8.48. The second-order valence-electron chi connectivity index (χ2n) is 12.2. The number of hydrogen-bond donors (Lipinski definition) is 3. The molecule has 8 nitrogen and oxygen atoms in total. The van der Waals surface area contributed by atoms with Gasteiger partial charge in [0.05, 0.1) is 28.1 Å². The molecule has 1 spiro atoms. The molecule has 0 radical (unpaired) electrons. The number of anilines is 1. The third kappa shape index (κ3) is 5.29. The van der Waals surface area contributed by atoms with Crippen LogP contribution in [0.5, 0.6) is 0 Å². The highest BCUT2D eigenvalue weighted by molar-refractivity contribution is 7.86. The van der Waals surface area contributed by atoms with E-state index in [0.717, 1.165) is 41.0 Å². The molecule has 226 valence electrons. The van der Waals surface area contributed by atoms with Crippen molar-refractivity contribution in [2.45, 2.75) is 68.0 Å². The smallest absolute Gasteiger partial charge is 0.333 e. The standard InChI is InChI=1S/C34H38N2O6S/c1-3-33(39,22-42-43(40,41)26-15-13-23(2)14-16-26)20-25-19-27(32(37)38)30-34(28-11-7-8-12-29(28)35-30)17-18-36(31(25)34)21-24-9-5-4-6-10-24/h4-16,25,31,35,39H,3,17-22H2,1-2H3,(H,37,38). The van der Waals surface area contributed by atoms with Crippen molar-refractivity contribution in [1.82, 2.24) is 4.90 Å². The monoisotopic (exact) mass is 602 g/mol. The van der Waals surface area contributed by atoms with Gasteiger partial charge < -0.3 is 15.5 Å². The minimum absolute atomic E-state index is 0.0346. The van der Waals surface area contributed by atoms with Crippen LogP contribution < -0.4 is 5.32 Å². The number of hydrogen-bond acceptors (Lipinski definition) is 7. The highest BCUT2D eigenvalue weighted by Gasteiger charge is 2.61. The van der Waals surface area contributed by atoms with Gasteiger partial charge in [0.1, 0.15) is 0 Å². The van der Waals surface area contributed by atoms with Crippen LogP contribution >= 0.6 is 0 Å². The van der Waals surface area contributed by atoms with Gasteiger partial charge in [-0.15, -0.1) is 0 Å². The van der Waals surface area contributed by atoms with E-state index in [-0.39, 0.29) is 36.1 Å². The molecule has 3 aromatic carbocycles. The molecule has 1 fully saturated rings.